The number of carbonyl (C=O) groups is 1. The summed E-state index contributed by atoms with van der Waals surface area (Å²) < 4.78 is 1.00. The van der Waals surface area contributed by atoms with Crippen LogP contribution >= 0.6 is 15.9 Å². The fraction of sp³-hybridized carbons (Fsp3) is 0.214. The minimum atomic E-state index is -0.453. The number of amides is 1. The van der Waals surface area contributed by atoms with Crippen molar-refractivity contribution >= 4 is 33.6 Å². The van der Waals surface area contributed by atoms with Gasteiger partial charge in [-0.25, -0.2) is 0 Å². The SMILES string of the molecule is O=C(/C=C/c1cccc([N+](=O)[O-])c1)N1CCC=C(Br)C1. The highest BCUT2D eigenvalue weighted by Crippen LogP contribution is 2.17. The van der Waals surface area contributed by atoms with Crippen LogP contribution in [-0.4, -0.2) is 28.8 Å². The molecule has 0 fully saturated rings. The first-order valence-electron chi connectivity index (χ1n) is 6.12. The molecule has 6 heteroatoms. The smallest absolute Gasteiger partial charge is 0.270 e. The van der Waals surface area contributed by atoms with Crippen LogP contribution < -0.4 is 0 Å². The van der Waals surface area contributed by atoms with Gasteiger partial charge in [-0.1, -0.05) is 34.1 Å². The molecule has 5 nitrogen and oxygen atoms in total. The number of halogens is 1. The van der Waals surface area contributed by atoms with Gasteiger partial charge in [-0.05, 0) is 18.1 Å². The second-order valence-electron chi connectivity index (χ2n) is 4.38. The lowest BCUT2D eigenvalue weighted by atomic mass is 10.2. The third kappa shape index (κ3) is 3.77. The Balaban J connectivity index is 2.05. The summed E-state index contributed by atoms with van der Waals surface area (Å²) in [5.41, 5.74) is 0.655. The molecule has 0 radical (unpaired) electrons. The van der Waals surface area contributed by atoms with E-state index in [1.807, 2.05) is 6.08 Å². The van der Waals surface area contributed by atoms with Gasteiger partial charge in [-0.2, -0.15) is 0 Å². The average molecular weight is 337 g/mol. The molecule has 20 heavy (non-hydrogen) atoms. The van der Waals surface area contributed by atoms with Crippen LogP contribution in [0, 0.1) is 10.1 Å². The Hall–Kier alpha value is -1.95. The van der Waals surface area contributed by atoms with Crippen molar-refractivity contribution in [1.29, 1.82) is 0 Å². The first-order chi connectivity index (χ1) is 9.56. The molecule has 1 aliphatic rings. The number of hydrogen-bond acceptors (Lipinski definition) is 3. The van der Waals surface area contributed by atoms with Gasteiger partial charge in [0.1, 0.15) is 0 Å². The van der Waals surface area contributed by atoms with E-state index in [0.717, 1.165) is 10.9 Å². The van der Waals surface area contributed by atoms with Crippen LogP contribution in [0.3, 0.4) is 0 Å². The summed E-state index contributed by atoms with van der Waals surface area (Å²) in [6.07, 6.45) is 5.93. The zero-order valence-electron chi connectivity index (χ0n) is 10.7. The Bertz CT molecular complexity index is 596. The standard InChI is InChI=1S/C14H13BrN2O3/c15-12-4-2-8-16(10-12)14(18)7-6-11-3-1-5-13(9-11)17(19)20/h1,3-7,9H,2,8,10H2/b7-6+. The Kier molecular flexibility index (Phi) is 4.68. The van der Waals surface area contributed by atoms with Crippen molar-refractivity contribution in [2.45, 2.75) is 6.42 Å². The molecule has 0 saturated heterocycles. The number of rotatable bonds is 3. The van der Waals surface area contributed by atoms with Gasteiger partial charge in [0, 0.05) is 29.2 Å². The molecule has 1 heterocycles. The van der Waals surface area contributed by atoms with Gasteiger partial charge in [0.25, 0.3) is 5.69 Å². The zero-order chi connectivity index (χ0) is 14.5. The lowest BCUT2D eigenvalue weighted by Crippen LogP contribution is -2.33. The average Bonchev–Trinajstić information content (AvgIpc) is 2.45. The topological polar surface area (TPSA) is 63.4 Å². The summed E-state index contributed by atoms with van der Waals surface area (Å²) >= 11 is 3.39. The number of benzene rings is 1. The van der Waals surface area contributed by atoms with Gasteiger partial charge in [-0.3, -0.25) is 14.9 Å². The van der Waals surface area contributed by atoms with Crippen molar-refractivity contribution in [2.75, 3.05) is 13.1 Å². The molecule has 0 atom stereocenters. The van der Waals surface area contributed by atoms with Crippen molar-refractivity contribution in [3.8, 4) is 0 Å². The van der Waals surface area contributed by atoms with Crippen molar-refractivity contribution < 1.29 is 9.72 Å². The van der Waals surface area contributed by atoms with Gasteiger partial charge in [-0.15, -0.1) is 0 Å². The zero-order valence-corrected chi connectivity index (χ0v) is 12.2. The van der Waals surface area contributed by atoms with Crippen molar-refractivity contribution in [2.24, 2.45) is 0 Å². The summed E-state index contributed by atoms with van der Waals surface area (Å²) in [7, 11) is 0. The predicted molar refractivity (Wildman–Crippen MR) is 80.3 cm³/mol. The van der Waals surface area contributed by atoms with E-state index >= 15 is 0 Å². The number of nitro groups is 1. The molecule has 1 aliphatic heterocycles. The third-order valence-electron chi connectivity index (χ3n) is 2.92. The summed E-state index contributed by atoms with van der Waals surface area (Å²) in [6, 6.07) is 6.19. The van der Waals surface area contributed by atoms with Crippen molar-refractivity contribution in [3.63, 3.8) is 0 Å². The molecule has 0 spiro atoms. The summed E-state index contributed by atoms with van der Waals surface area (Å²) in [5, 5.41) is 10.7. The maximum absolute atomic E-state index is 12.0. The molecule has 104 valence electrons. The fourth-order valence-corrected chi connectivity index (χ4v) is 2.44. The van der Waals surface area contributed by atoms with E-state index in [1.54, 1.807) is 23.1 Å². The minimum Gasteiger partial charge on any atom is -0.334 e. The normalized spacial score (nSPS) is 15.2. The van der Waals surface area contributed by atoms with Gasteiger partial charge >= 0.3 is 0 Å². The van der Waals surface area contributed by atoms with E-state index in [-0.39, 0.29) is 11.6 Å². The van der Waals surface area contributed by atoms with Gasteiger partial charge < -0.3 is 4.90 Å². The Morgan fingerprint density at radius 1 is 1.45 bits per heavy atom. The van der Waals surface area contributed by atoms with Crippen LogP contribution in [0.1, 0.15) is 12.0 Å². The van der Waals surface area contributed by atoms with E-state index < -0.39 is 4.92 Å². The van der Waals surface area contributed by atoms with Gasteiger partial charge in [0.15, 0.2) is 0 Å². The molecule has 0 saturated carbocycles. The summed E-state index contributed by atoms with van der Waals surface area (Å²) in [5.74, 6) is -0.0958. The van der Waals surface area contributed by atoms with E-state index in [2.05, 4.69) is 15.9 Å². The van der Waals surface area contributed by atoms with Crippen molar-refractivity contribution in [1.82, 2.24) is 4.90 Å². The van der Waals surface area contributed by atoms with E-state index in [0.29, 0.717) is 18.7 Å². The van der Waals surface area contributed by atoms with Crippen LogP contribution in [-0.2, 0) is 4.79 Å². The Labute approximate surface area is 124 Å². The number of nitrogens with zero attached hydrogens (tertiary/aromatic N) is 2. The second-order valence-corrected chi connectivity index (χ2v) is 5.40. The van der Waals surface area contributed by atoms with Crippen LogP contribution in [0.2, 0.25) is 0 Å². The summed E-state index contributed by atoms with van der Waals surface area (Å²) in [4.78, 5) is 23.9. The first-order valence-corrected chi connectivity index (χ1v) is 6.91. The maximum atomic E-state index is 12.0. The Morgan fingerprint density at radius 2 is 2.25 bits per heavy atom. The molecular formula is C14H13BrN2O3. The largest absolute Gasteiger partial charge is 0.334 e. The molecule has 0 N–H and O–H groups in total. The monoisotopic (exact) mass is 336 g/mol. The quantitative estimate of drug-likeness (QED) is 0.484. The Morgan fingerprint density at radius 3 is 2.95 bits per heavy atom. The third-order valence-corrected chi connectivity index (χ3v) is 3.49. The highest BCUT2D eigenvalue weighted by atomic mass is 79.9. The molecule has 0 unspecified atom stereocenters. The first kappa shape index (κ1) is 14.5. The minimum absolute atomic E-state index is 0.0169. The maximum Gasteiger partial charge on any atom is 0.270 e. The van der Waals surface area contributed by atoms with E-state index in [1.165, 1.54) is 18.2 Å². The lowest BCUT2D eigenvalue weighted by Gasteiger charge is -2.24. The van der Waals surface area contributed by atoms with E-state index in [4.69, 9.17) is 0 Å². The van der Waals surface area contributed by atoms with Crippen molar-refractivity contribution in [3.05, 3.63) is 56.6 Å². The van der Waals surface area contributed by atoms with Gasteiger partial charge in [0.05, 0.1) is 11.5 Å². The second kappa shape index (κ2) is 6.47. The van der Waals surface area contributed by atoms with Gasteiger partial charge in [0.2, 0.25) is 5.91 Å². The molecule has 0 aromatic heterocycles. The highest BCUT2D eigenvalue weighted by molar-refractivity contribution is 9.11. The molecular weight excluding hydrogens is 324 g/mol. The molecule has 1 amide bonds. The number of hydrogen-bond donors (Lipinski definition) is 0. The number of non-ortho nitro benzene ring substituents is 1. The number of nitro benzene ring substituents is 1. The molecule has 2 rings (SSSR count). The number of carbonyl (C=O) groups excluding carboxylic acids is 1. The van der Waals surface area contributed by atoms with Crippen LogP contribution in [0.25, 0.3) is 6.08 Å². The molecule has 0 aliphatic carbocycles. The van der Waals surface area contributed by atoms with Crippen LogP contribution in [0.15, 0.2) is 40.9 Å². The lowest BCUT2D eigenvalue weighted by molar-refractivity contribution is -0.384. The van der Waals surface area contributed by atoms with Crippen LogP contribution in [0.4, 0.5) is 5.69 Å². The van der Waals surface area contributed by atoms with Crippen LogP contribution in [0.5, 0.6) is 0 Å². The van der Waals surface area contributed by atoms with E-state index in [9.17, 15) is 14.9 Å². The molecule has 1 aromatic rings. The molecule has 0 bridgehead atoms. The summed E-state index contributed by atoms with van der Waals surface area (Å²) in [6.45, 7) is 1.26. The molecule has 1 aromatic carbocycles. The highest BCUT2D eigenvalue weighted by Gasteiger charge is 2.14. The predicted octanol–water partition coefficient (Wildman–Crippen LogP) is 3.12. The fourth-order valence-electron chi connectivity index (χ4n) is 1.91.